The van der Waals surface area contributed by atoms with Crippen LogP contribution in [0.4, 0.5) is 0 Å². The van der Waals surface area contributed by atoms with Gasteiger partial charge in [-0.1, -0.05) is 18.2 Å². The normalized spacial score (nSPS) is 10.8. The van der Waals surface area contributed by atoms with E-state index in [4.69, 9.17) is 9.47 Å². The van der Waals surface area contributed by atoms with Crippen LogP contribution in [-0.4, -0.2) is 27.3 Å². The van der Waals surface area contributed by atoms with Crippen molar-refractivity contribution in [1.82, 2.24) is 14.8 Å². The molecule has 0 fully saturated rings. The van der Waals surface area contributed by atoms with Crippen molar-refractivity contribution in [2.75, 3.05) is 6.61 Å². The number of fused-ring (bicyclic) bond motifs is 1. The van der Waals surface area contributed by atoms with Crippen molar-refractivity contribution in [3.63, 3.8) is 0 Å². The van der Waals surface area contributed by atoms with Crippen LogP contribution in [0.5, 0.6) is 11.5 Å². The molecule has 0 atom stereocenters. The molecule has 2 heterocycles. The lowest BCUT2D eigenvalue weighted by Crippen LogP contribution is -2.12. The summed E-state index contributed by atoms with van der Waals surface area (Å²) in [6.07, 6.45) is 1.62. The van der Waals surface area contributed by atoms with Gasteiger partial charge in [0.05, 0.1) is 12.3 Å². The van der Waals surface area contributed by atoms with Gasteiger partial charge in [0, 0.05) is 10.7 Å². The third-order valence-electron chi connectivity index (χ3n) is 4.04. The summed E-state index contributed by atoms with van der Waals surface area (Å²) >= 11 is 3.47. The van der Waals surface area contributed by atoms with Crippen LogP contribution in [0, 0.1) is 0 Å². The van der Waals surface area contributed by atoms with E-state index in [0.717, 1.165) is 10.2 Å². The second-order valence-corrected chi connectivity index (χ2v) is 6.73. The molecule has 7 heteroatoms. The first-order valence-electron chi connectivity index (χ1n) is 8.71. The fourth-order valence-corrected chi connectivity index (χ4v) is 3.18. The lowest BCUT2D eigenvalue weighted by molar-refractivity contribution is 0.0518. The standard InChI is InChI=1S/C21H16BrN3O3/c1-2-27-21(26)20-19-18(17(22)12-13-23-19)24-25(20)14-8-10-16(11-9-14)28-15-6-4-3-5-7-15/h3-13H,2H2,1H3. The van der Waals surface area contributed by atoms with Gasteiger partial charge in [-0.25, -0.2) is 9.48 Å². The third kappa shape index (κ3) is 3.48. The molecule has 0 aliphatic heterocycles. The summed E-state index contributed by atoms with van der Waals surface area (Å²) in [5.74, 6) is 0.962. The Morgan fingerprint density at radius 2 is 1.71 bits per heavy atom. The minimum absolute atomic E-state index is 0.267. The predicted octanol–water partition coefficient (Wildman–Crippen LogP) is 5.15. The van der Waals surface area contributed by atoms with Gasteiger partial charge in [0.15, 0.2) is 5.69 Å². The van der Waals surface area contributed by atoms with Crippen molar-refractivity contribution in [1.29, 1.82) is 0 Å². The van der Waals surface area contributed by atoms with E-state index in [-0.39, 0.29) is 12.3 Å². The molecule has 4 aromatic rings. The molecule has 0 unspecified atom stereocenters. The molecule has 0 aliphatic carbocycles. The summed E-state index contributed by atoms with van der Waals surface area (Å²) < 4.78 is 13.3. The molecule has 0 N–H and O–H groups in total. The third-order valence-corrected chi connectivity index (χ3v) is 4.68. The van der Waals surface area contributed by atoms with Crippen LogP contribution in [0.15, 0.2) is 71.3 Å². The smallest absolute Gasteiger partial charge is 0.359 e. The maximum atomic E-state index is 12.6. The molecule has 0 spiro atoms. The Hall–Kier alpha value is -3.19. The highest BCUT2D eigenvalue weighted by Crippen LogP contribution is 2.28. The van der Waals surface area contributed by atoms with E-state index in [1.807, 2.05) is 54.6 Å². The minimum Gasteiger partial charge on any atom is -0.461 e. The Kier molecular flexibility index (Phi) is 5.08. The number of carbonyl (C=O) groups is 1. The van der Waals surface area contributed by atoms with E-state index in [2.05, 4.69) is 26.0 Å². The first kappa shape index (κ1) is 18.2. The molecule has 6 nitrogen and oxygen atoms in total. The second kappa shape index (κ2) is 7.82. The summed E-state index contributed by atoms with van der Waals surface area (Å²) in [7, 11) is 0. The first-order valence-corrected chi connectivity index (χ1v) is 9.50. The highest BCUT2D eigenvalue weighted by Gasteiger charge is 2.23. The summed E-state index contributed by atoms with van der Waals surface area (Å²) in [6.45, 7) is 2.03. The molecule has 2 aromatic carbocycles. The van der Waals surface area contributed by atoms with Gasteiger partial charge in [0.2, 0.25) is 0 Å². The molecule has 28 heavy (non-hydrogen) atoms. The first-order chi connectivity index (χ1) is 13.7. The molecule has 2 aromatic heterocycles. The number of benzene rings is 2. The van der Waals surface area contributed by atoms with Crippen molar-refractivity contribution < 1.29 is 14.3 Å². The number of esters is 1. The van der Waals surface area contributed by atoms with Gasteiger partial charge in [-0.3, -0.25) is 4.98 Å². The van der Waals surface area contributed by atoms with Crippen LogP contribution in [0.3, 0.4) is 0 Å². The van der Waals surface area contributed by atoms with Crippen LogP contribution in [0.1, 0.15) is 17.4 Å². The number of hydrogen-bond acceptors (Lipinski definition) is 5. The van der Waals surface area contributed by atoms with E-state index in [0.29, 0.717) is 22.5 Å². The zero-order valence-corrected chi connectivity index (χ0v) is 16.6. The fourth-order valence-electron chi connectivity index (χ4n) is 2.80. The number of carbonyl (C=O) groups excluding carboxylic acids is 1. The van der Waals surface area contributed by atoms with Gasteiger partial charge in [0.25, 0.3) is 0 Å². The minimum atomic E-state index is -0.472. The van der Waals surface area contributed by atoms with Crippen LogP contribution in [-0.2, 0) is 4.74 Å². The highest BCUT2D eigenvalue weighted by atomic mass is 79.9. The fraction of sp³-hybridized carbons (Fsp3) is 0.0952. The van der Waals surface area contributed by atoms with E-state index in [9.17, 15) is 4.79 Å². The topological polar surface area (TPSA) is 66.2 Å². The van der Waals surface area contributed by atoms with Gasteiger partial charge >= 0.3 is 5.97 Å². The van der Waals surface area contributed by atoms with Gasteiger partial charge in [0.1, 0.15) is 22.5 Å². The lowest BCUT2D eigenvalue weighted by Gasteiger charge is -2.09. The number of ether oxygens (including phenoxy) is 2. The van der Waals surface area contributed by atoms with Crippen molar-refractivity contribution in [2.45, 2.75) is 6.92 Å². The average Bonchev–Trinajstić information content (AvgIpc) is 3.11. The summed E-state index contributed by atoms with van der Waals surface area (Å²) in [5.41, 5.74) is 2.07. The Morgan fingerprint density at radius 1 is 1.00 bits per heavy atom. The van der Waals surface area contributed by atoms with Crippen LogP contribution in [0.2, 0.25) is 0 Å². The van der Waals surface area contributed by atoms with E-state index in [1.165, 1.54) is 0 Å². The quantitative estimate of drug-likeness (QED) is 0.403. The highest BCUT2D eigenvalue weighted by molar-refractivity contribution is 9.10. The Bertz CT molecular complexity index is 1130. The van der Waals surface area contributed by atoms with Crippen molar-refractivity contribution in [3.8, 4) is 17.2 Å². The van der Waals surface area contributed by atoms with Gasteiger partial charge in [-0.05, 0) is 65.3 Å². The number of nitrogens with zero attached hydrogens (tertiary/aromatic N) is 3. The van der Waals surface area contributed by atoms with Crippen LogP contribution < -0.4 is 4.74 Å². The zero-order chi connectivity index (χ0) is 19.5. The average molecular weight is 438 g/mol. The molecule has 0 amide bonds. The molecular weight excluding hydrogens is 422 g/mol. The molecule has 0 radical (unpaired) electrons. The van der Waals surface area contributed by atoms with Gasteiger partial charge in [-0.15, -0.1) is 0 Å². The number of rotatable bonds is 5. The monoisotopic (exact) mass is 437 g/mol. The van der Waals surface area contributed by atoms with Crippen LogP contribution in [0.25, 0.3) is 16.7 Å². The van der Waals surface area contributed by atoms with Crippen molar-refractivity contribution >= 4 is 32.9 Å². The number of pyridine rings is 1. The summed E-state index contributed by atoms with van der Waals surface area (Å²) in [6, 6.07) is 18.6. The number of halogens is 1. The Balaban J connectivity index is 1.75. The molecule has 0 saturated carbocycles. The van der Waals surface area contributed by atoms with E-state index < -0.39 is 5.97 Å². The van der Waals surface area contributed by atoms with Crippen molar-refractivity contribution in [3.05, 3.63) is 77.0 Å². The number of aromatic nitrogens is 3. The number of hydrogen-bond donors (Lipinski definition) is 0. The number of para-hydroxylation sites is 1. The SMILES string of the molecule is CCOC(=O)c1c2nccc(Br)c2nn1-c1ccc(Oc2ccccc2)cc1. The van der Waals surface area contributed by atoms with Crippen LogP contribution >= 0.6 is 15.9 Å². The molecular formula is C21H16BrN3O3. The Labute approximate surface area is 169 Å². The van der Waals surface area contributed by atoms with Gasteiger partial charge < -0.3 is 9.47 Å². The summed E-state index contributed by atoms with van der Waals surface area (Å²) in [4.78, 5) is 16.9. The maximum Gasteiger partial charge on any atom is 0.359 e. The molecule has 0 saturated heterocycles. The van der Waals surface area contributed by atoms with E-state index in [1.54, 1.807) is 23.9 Å². The maximum absolute atomic E-state index is 12.6. The molecule has 140 valence electrons. The van der Waals surface area contributed by atoms with Crippen molar-refractivity contribution in [2.24, 2.45) is 0 Å². The molecule has 4 rings (SSSR count). The Morgan fingerprint density at radius 3 is 2.43 bits per heavy atom. The van der Waals surface area contributed by atoms with Gasteiger partial charge in [-0.2, -0.15) is 5.10 Å². The molecule has 0 bridgehead atoms. The second-order valence-electron chi connectivity index (χ2n) is 5.88. The zero-order valence-electron chi connectivity index (χ0n) is 15.0. The summed E-state index contributed by atoms with van der Waals surface area (Å²) in [5, 5.41) is 4.57. The largest absolute Gasteiger partial charge is 0.461 e. The molecule has 0 aliphatic rings. The lowest BCUT2D eigenvalue weighted by atomic mass is 10.2. The predicted molar refractivity (Wildman–Crippen MR) is 109 cm³/mol. The van der Waals surface area contributed by atoms with E-state index >= 15 is 0 Å².